The third-order valence-corrected chi connectivity index (χ3v) is 5.05. The molecular weight excluding hydrogens is 260 g/mol. The summed E-state index contributed by atoms with van der Waals surface area (Å²) >= 11 is 9.25. The minimum atomic E-state index is 0.190. The lowest BCUT2D eigenvalue weighted by Crippen LogP contribution is -2.12. The molecule has 0 aliphatic rings. The Morgan fingerprint density at radius 1 is 1.38 bits per heavy atom. The number of thiazole rings is 1. The van der Waals surface area contributed by atoms with Crippen LogP contribution in [0.4, 0.5) is 0 Å². The number of hydrogen-bond acceptors (Lipinski definition) is 4. The number of nitrogens with zero attached hydrogens (tertiary/aromatic N) is 1. The topological polar surface area (TPSA) is 38.9 Å². The number of halogens is 1. The molecule has 5 heteroatoms. The van der Waals surface area contributed by atoms with Gasteiger partial charge < -0.3 is 5.73 Å². The lowest BCUT2D eigenvalue weighted by Gasteiger charge is -2.08. The number of nitrogens with two attached hydrogens (primary N) is 1. The summed E-state index contributed by atoms with van der Waals surface area (Å²) in [4.78, 5) is 7.03. The fourth-order valence-corrected chi connectivity index (χ4v) is 3.81. The van der Waals surface area contributed by atoms with Crippen molar-refractivity contribution in [1.29, 1.82) is 0 Å². The first-order chi connectivity index (χ1) is 7.61. The molecule has 2 rings (SSSR count). The maximum absolute atomic E-state index is 5.95. The molecule has 2 aromatic heterocycles. The van der Waals surface area contributed by atoms with Gasteiger partial charge in [0, 0.05) is 16.3 Å². The minimum Gasteiger partial charge on any atom is -0.329 e. The summed E-state index contributed by atoms with van der Waals surface area (Å²) in [6, 6.07) is 3.95. The number of aryl methyl sites for hydroxylation is 2. The highest BCUT2D eigenvalue weighted by atomic mass is 35.5. The van der Waals surface area contributed by atoms with Gasteiger partial charge in [0.2, 0.25) is 0 Å². The first-order valence-electron chi connectivity index (χ1n) is 5.01. The average Bonchev–Trinajstić information content (AvgIpc) is 2.77. The molecular formula is C11H13ClN2S2. The molecule has 0 fully saturated rings. The second-order valence-electron chi connectivity index (χ2n) is 3.62. The Morgan fingerprint density at radius 2 is 2.12 bits per heavy atom. The van der Waals surface area contributed by atoms with Gasteiger partial charge in [0.1, 0.15) is 5.01 Å². The van der Waals surface area contributed by atoms with Crippen LogP contribution in [0.1, 0.15) is 26.4 Å². The molecule has 2 aromatic rings. The van der Waals surface area contributed by atoms with Crippen molar-refractivity contribution in [3.63, 3.8) is 0 Å². The predicted molar refractivity (Wildman–Crippen MR) is 71.8 cm³/mol. The van der Waals surface area contributed by atoms with E-state index in [2.05, 4.69) is 11.9 Å². The highest BCUT2D eigenvalue weighted by Gasteiger charge is 2.18. The van der Waals surface area contributed by atoms with Crippen molar-refractivity contribution in [2.75, 3.05) is 6.54 Å². The Hall–Kier alpha value is -0.420. The van der Waals surface area contributed by atoms with Gasteiger partial charge in [0.15, 0.2) is 0 Å². The van der Waals surface area contributed by atoms with Gasteiger partial charge in [0.25, 0.3) is 0 Å². The molecule has 16 heavy (non-hydrogen) atoms. The molecule has 2 nitrogen and oxygen atoms in total. The van der Waals surface area contributed by atoms with E-state index >= 15 is 0 Å². The molecule has 1 atom stereocenters. The van der Waals surface area contributed by atoms with Crippen molar-refractivity contribution in [2.45, 2.75) is 19.8 Å². The van der Waals surface area contributed by atoms with Crippen molar-refractivity contribution in [2.24, 2.45) is 5.73 Å². The molecule has 0 saturated heterocycles. The molecule has 86 valence electrons. The van der Waals surface area contributed by atoms with Crippen LogP contribution in [0.2, 0.25) is 4.34 Å². The number of rotatable bonds is 3. The van der Waals surface area contributed by atoms with Crippen LogP contribution in [0, 0.1) is 13.8 Å². The zero-order valence-electron chi connectivity index (χ0n) is 9.16. The predicted octanol–water partition coefficient (Wildman–Crippen LogP) is 3.57. The fraction of sp³-hybridized carbons (Fsp3) is 0.364. The van der Waals surface area contributed by atoms with Crippen LogP contribution < -0.4 is 5.73 Å². The molecule has 0 radical (unpaired) electrons. The van der Waals surface area contributed by atoms with Crippen molar-refractivity contribution >= 4 is 34.3 Å². The third kappa shape index (κ3) is 2.30. The summed E-state index contributed by atoms with van der Waals surface area (Å²) in [7, 11) is 0. The second-order valence-corrected chi connectivity index (χ2v) is 6.61. The Bertz CT molecular complexity index is 470. The monoisotopic (exact) mass is 272 g/mol. The van der Waals surface area contributed by atoms with Crippen LogP contribution in [-0.2, 0) is 0 Å². The lowest BCUT2D eigenvalue weighted by molar-refractivity contribution is 0.821. The summed E-state index contributed by atoms with van der Waals surface area (Å²) in [5.74, 6) is 0.190. The van der Waals surface area contributed by atoms with E-state index in [0.29, 0.717) is 6.54 Å². The van der Waals surface area contributed by atoms with E-state index < -0.39 is 0 Å². The fourth-order valence-electron chi connectivity index (χ4n) is 1.50. The van der Waals surface area contributed by atoms with Crippen LogP contribution in [0.5, 0.6) is 0 Å². The first kappa shape index (κ1) is 12.0. The van der Waals surface area contributed by atoms with Crippen molar-refractivity contribution < 1.29 is 0 Å². The molecule has 0 aromatic carbocycles. The molecule has 0 amide bonds. The smallest absolute Gasteiger partial charge is 0.103 e. The van der Waals surface area contributed by atoms with Gasteiger partial charge in [-0.15, -0.1) is 22.7 Å². The van der Waals surface area contributed by atoms with Gasteiger partial charge in [-0.1, -0.05) is 11.6 Å². The minimum absolute atomic E-state index is 0.190. The van der Waals surface area contributed by atoms with Gasteiger partial charge in [-0.25, -0.2) is 4.98 Å². The van der Waals surface area contributed by atoms with Crippen molar-refractivity contribution in [3.05, 3.63) is 36.9 Å². The summed E-state index contributed by atoms with van der Waals surface area (Å²) in [6.45, 7) is 4.69. The van der Waals surface area contributed by atoms with Crippen LogP contribution >= 0.6 is 34.3 Å². The SMILES string of the molecule is Cc1nc(C(CN)c2ccc(Cl)s2)sc1C. The third-order valence-electron chi connectivity index (χ3n) is 2.52. The lowest BCUT2D eigenvalue weighted by atomic mass is 10.1. The highest BCUT2D eigenvalue weighted by Crippen LogP contribution is 2.34. The van der Waals surface area contributed by atoms with Crippen LogP contribution in [0.25, 0.3) is 0 Å². The number of hydrogen-bond donors (Lipinski definition) is 1. The molecule has 0 bridgehead atoms. The zero-order valence-corrected chi connectivity index (χ0v) is 11.5. The molecule has 1 unspecified atom stereocenters. The summed E-state index contributed by atoms with van der Waals surface area (Å²) in [6.07, 6.45) is 0. The van der Waals surface area contributed by atoms with Crippen LogP contribution in [-0.4, -0.2) is 11.5 Å². The normalized spacial score (nSPS) is 13.0. The summed E-state index contributed by atoms with van der Waals surface area (Å²) in [5, 5.41) is 1.09. The number of aromatic nitrogens is 1. The van der Waals surface area contributed by atoms with Gasteiger partial charge in [0.05, 0.1) is 15.9 Å². The van der Waals surface area contributed by atoms with E-state index in [1.807, 2.05) is 19.1 Å². The Balaban J connectivity index is 2.36. The second kappa shape index (κ2) is 4.84. The molecule has 0 spiro atoms. The van der Waals surface area contributed by atoms with E-state index in [1.54, 1.807) is 22.7 Å². The van der Waals surface area contributed by atoms with Crippen molar-refractivity contribution in [3.8, 4) is 0 Å². The summed E-state index contributed by atoms with van der Waals surface area (Å²) in [5.41, 5.74) is 6.93. The van der Waals surface area contributed by atoms with E-state index in [4.69, 9.17) is 17.3 Å². The molecule has 0 aliphatic heterocycles. The maximum Gasteiger partial charge on any atom is 0.103 e. The molecule has 2 heterocycles. The molecule has 0 saturated carbocycles. The van der Waals surface area contributed by atoms with E-state index in [0.717, 1.165) is 15.0 Å². The Morgan fingerprint density at radius 3 is 2.56 bits per heavy atom. The zero-order chi connectivity index (χ0) is 11.7. The van der Waals surface area contributed by atoms with Gasteiger partial charge >= 0.3 is 0 Å². The molecule has 0 aliphatic carbocycles. The Kier molecular flexibility index (Phi) is 3.64. The standard InChI is InChI=1S/C11H13ClN2S2/c1-6-7(2)15-11(14-6)8(5-13)9-3-4-10(12)16-9/h3-4,8H,5,13H2,1-2H3. The van der Waals surface area contributed by atoms with Crippen molar-refractivity contribution in [1.82, 2.24) is 4.98 Å². The average molecular weight is 273 g/mol. The van der Waals surface area contributed by atoms with Crippen LogP contribution in [0.15, 0.2) is 12.1 Å². The molecule has 2 N–H and O–H groups in total. The summed E-state index contributed by atoms with van der Waals surface area (Å²) < 4.78 is 0.804. The van der Waals surface area contributed by atoms with E-state index in [9.17, 15) is 0 Å². The number of thiophene rings is 1. The van der Waals surface area contributed by atoms with Gasteiger partial charge in [-0.2, -0.15) is 0 Å². The van der Waals surface area contributed by atoms with Gasteiger partial charge in [-0.05, 0) is 26.0 Å². The Labute approximate surface area is 108 Å². The van der Waals surface area contributed by atoms with E-state index in [1.165, 1.54) is 9.75 Å². The first-order valence-corrected chi connectivity index (χ1v) is 7.02. The maximum atomic E-state index is 5.95. The highest BCUT2D eigenvalue weighted by molar-refractivity contribution is 7.16. The van der Waals surface area contributed by atoms with Gasteiger partial charge in [-0.3, -0.25) is 0 Å². The quantitative estimate of drug-likeness (QED) is 0.928. The van der Waals surface area contributed by atoms with Crippen LogP contribution in [0.3, 0.4) is 0 Å². The largest absolute Gasteiger partial charge is 0.329 e. The van der Waals surface area contributed by atoms with E-state index in [-0.39, 0.29) is 5.92 Å².